The monoisotopic (exact) mass is 788 g/mol. The predicted molar refractivity (Wildman–Crippen MR) is 197 cm³/mol. The van der Waals surface area contributed by atoms with Crippen molar-refractivity contribution in [3.05, 3.63) is 142 Å². The standard InChI is InChI=1S/C38H24ClF3N4O6S2/c1-44-32-7-3-6-26(21-43)34(32)35-30-20-27(40)11-15-33(30)46(54(51,52)28-12-8-22(9-13-28)37(41)42)36(35)24-5-2-4-23(18-24)29-14-10-25(19-31(29)39)38(47)45-16-17-53(48,49)50/h2-15,18-20,37H,16-17H2,(H,45,47)(H,48,49,50). The van der Waals surface area contributed by atoms with Crippen LogP contribution in [0.1, 0.15) is 27.9 Å². The highest BCUT2D eigenvalue weighted by molar-refractivity contribution is 7.90. The molecule has 0 saturated carbocycles. The van der Waals surface area contributed by atoms with E-state index in [0.717, 1.165) is 40.4 Å². The summed E-state index contributed by atoms with van der Waals surface area (Å²) in [5.74, 6) is -2.11. The number of carbonyl (C=O) groups is 1. The van der Waals surface area contributed by atoms with Gasteiger partial charge in [0, 0.05) is 55.9 Å². The SMILES string of the molecule is [C-]#[N+]c1cccc(C#N)c1-c1c(-c2cccc(-c3ccc(C(=O)NCCS(=O)(=O)O)cc3Cl)c2)n(S(=O)(=O)c2ccc(C(F)F)cc2)c2ccc(F)cc12. The maximum atomic E-state index is 15.1. The summed E-state index contributed by atoms with van der Waals surface area (Å²) in [4.78, 5) is 15.9. The number of hydrogen-bond donors (Lipinski definition) is 2. The fourth-order valence-electron chi connectivity index (χ4n) is 6.00. The molecule has 272 valence electrons. The third kappa shape index (κ3) is 7.31. The summed E-state index contributed by atoms with van der Waals surface area (Å²) in [7, 11) is -8.99. The highest BCUT2D eigenvalue weighted by Gasteiger charge is 2.31. The van der Waals surface area contributed by atoms with Crippen molar-refractivity contribution in [2.24, 2.45) is 0 Å². The van der Waals surface area contributed by atoms with E-state index in [2.05, 4.69) is 10.2 Å². The largest absolute Gasteiger partial charge is 0.351 e. The number of fused-ring (bicyclic) bond motifs is 1. The van der Waals surface area contributed by atoms with E-state index in [0.29, 0.717) is 11.1 Å². The topological polar surface area (TPSA) is 151 Å². The van der Waals surface area contributed by atoms with E-state index in [4.69, 9.17) is 22.7 Å². The Hall–Kier alpha value is -5.97. The van der Waals surface area contributed by atoms with Crippen molar-refractivity contribution in [3.8, 4) is 39.6 Å². The van der Waals surface area contributed by atoms with Gasteiger partial charge in [0.2, 0.25) is 0 Å². The second-order valence-electron chi connectivity index (χ2n) is 11.8. The zero-order valence-electron chi connectivity index (χ0n) is 27.5. The van der Waals surface area contributed by atoms with E-state index in [1.54, 1.807) is 24.3 Å². The summed E-state index contributed by atoms with van der Waals surface area (Å²) in [5.41, 5.74) is 0.613. The molecule has 16 heteroatoms. The third-order valence-electron chi connectivity index (χ3n) is 8.41. The Labute approximate surface area is 312 Å². The van der Waals surface area contributed by atoms with Gasteiger partial charge in [0.25, 0.3) is 32.5 Å². The summed E-state index contributed by atoms with van der Waals surface area (Å²) in [6.07, 6.45) is -2.86. The molecule has 5 aromatic carbocycles. The zero-order chi connectivity index (χ0) is 38.9. The Morgan fingerprint density at radius 1 is 0.926 bits per heavy atom. The Kier molecular flexibility index (Phi) is 10.4. The van der Waals surface area contributed by atoms with Gasteiger partial charge in [0.15, 0.2) is 5.69 Å². The molecule has 2 N–H and O–H groups in total. The maximum Gasteiger partial charge on any atom is 0.268 e. The first kappa shape index (κ1) is 37.8. The quantitative estimate of drug-likeness (QED) is 0.104. The molecular formula is C38H24ClF3N4O6S2. The van der Waals surface area contributed by atoms with Crippen molar-refractivity contribution in [3.63, 3.8) is 0 Å². The van der Waals surface area contributed by atoms with Crippen molar-refractivity contribution >= 4 is 54.2 Å². The van der Waals surface area contributed by atoms with E-state index >= 15 is 4.39 Å². The first-order valence-corrected chi connectivity index (χ1v) is 19.1. The van der Waals surface area contributed by atoms with E-state index in [-0.39, 0.29) is 66.6 Å². The zero-order valence-corrected chi connectivity index (χ0v) is 29.9. The summed E-state index contributed by atoms with van der Waals surface area (Å²) < 4.78 is 103. The fourth-order valence-corrected chi connectivity index (χ4v) is 8.20. The van der Waals surface area contributed by atoms with Crippen LogP contribution in [0.5, 0.6) is 0 Å². The molecule has 6 aromatic rings. The molecule has 1 amide bonds. The van der Waals surface area contributed by atoms with Gasteiger partial charge >= 0.3 is 0 Å². The maximum absolute atomic E-state index is 15.1. The molecule has 0 unspecified atom stereocenters. The number of halogens is 4. The van der Waals surface area contributed by atoms with Crippen LogP contribution in [0.25, 0.3) is 49.3 Å². The number of aromatic nitrogens is 1. The van der Waals surface area contributed by atoms with Gasteiger partial charge in [-0.25, -0.2) is 30.4 Å². The highest BCUT2D eigenvalue weighted by atomic mass is 35.5. The molecule has 0 aliphatic rings. The second-order valence-corrected chi connectivity index (χ2v) is 15.5. The number of hydrogen-bond acceptors (Lipinski definition) is 6. The molecular weight excluding hydrogens is 765 g/mol. The van der Waals surface area contributed by atoms with E-state index in [9.17, 15) is 35.7 Å². The smallest absolute Gasteiger partial charge is 0.268 e. The summed E-state index contributed by atoms with van der Waals surface area (Å²) >= 11 is 6.64. The number of rotatable bonds is 10. The summed E-state index contributed by atoms with van der Waals surface area (Å²) in [6, 6.07) is 24.4. The molecule has 0 spiro atoms. The second kappa shape index (κ2) is 14.8. The molecule has 1 heterocycles. The van der Waals surface area contributed by atoms with Gasteiger partial charge in [-0.3, -0.25) is 9.35 Å². The van der Waals surface area contributed by atoms with Gasteiger partial charge < -0.3 is 5.32 Å². The first-order chi connectivity index (χ1) is 25.6. The lowest BCUT2D eigenvalue weighted by molar-refractivity contribution is 0.0956. The van der Waals surface area contributed by atoms with Crippen LogP contribution in [0.3, 0.4) is 0 Å². The van der Waals surface area contributed by atoms with Crippen LogP contribution in [0.4, 0.5) is 18.9 Å². The molecule has 0 aliphatic carbocycles. The average molecular weight is 789 g/mol. The van der Waals surface area contributed by atoms with Crippen LogP contribution in [0, 0.1) is 23.7 Å². The molecule has 0 bridgehead atoms. The minimum atomic E-state index is -4.68. The molecule has 0 fully saturated rings. The number of amides is 1. The van der Waals surface area contributed by atoms with Gasteiger partial charge in [-0.2, -0.15) is 13.7 Å². The Morgan fingerprint density at radius 3 is 2.28 bits per heavy atom. The minimum Gasteiger partial charge on any atom is -0.351 e. The minimum absolute atomic E-state index is 0.00334. The van der Waals surface area contributed by atoms with Crippen molar-refractivity contribution in [1.29, 1.82) is 5.26 Å². The normalized spacial score (nSPS) is 11.7. The third-order valence-corrected chi connectivity index (χ3v) is 11.2. The molecule has 0 atom stereocenters. The van der Waals surface area contributed by atoms with Gasteiger partial charge in [0.05, 0.1) is 34.5 Å². The van der Waals surface area contributed by atoms with Crippen LogP contribution in [-0.2, 0) is 20.1 Å². The van der Waals surface area contributed by atoms with E-state index < -0.39 is 49.6 Å². The average Bonchev–Trinajstić information content (AvgIpc) is 3.48. The summed E-state index contributed by atoms with van der Waals surface area (Å²) in [5, 5.41) is 12.7. The van der Waals surface area contributed by atoms with Crippen LogP contribution in [-0.4, -0.2) is 43.6 Å². The summed E-state index contributed by atoms with van der Waals surface area (Å²) in [6.45, 7) is 7.55. The molecule has 10 nitrogen and oxygen atoms in total. The number of nitriles is 1. The first-order valence-electron chi connectivity index (χ1n) is 15.7. The molecule has 0 saturated heterocycles. The molecule has 0 radical (unpaired) electrons. The van der Waals surface area contributed by atoms with Crippen molar-refractivity contribution in [1.82, 2.24) is 9.29 Å². The number of benzene rings is 5. The molecule has 1 aromatic heterocycles. The van der Waals surface area contributed by atoms with E-state index in [1.165, 1.54) is 42.5 Å². The predicted octanol–water partition coefficient (Wildman–Crippen LogP) is 8.65. The van der Waals surface area contributed by atoms with E-state index in [1.807, 2.05) is 6.07 Å². The van der Waals surface area contributed by atoms with Crippen molar-refractivity contribution in [2.45, 2.75) is 11.3 Å². The Balaban J connectivity index is 1.62. The number of alkyl halides is 2. The number of nitrogens with one attached hydrogen (secondary N) is 1. The lowest BCUT2D eigenvalue weighted by Gasteiger charge is -2.16. The fraction of sp³-hybridized carbons (Fsp3) is 0.0789. The lowest BCUT2D eigenvalue weighted by Crippen LogP contribution is -2.28. The van der Waals surface area contributed by atoms with Crippen LogP contribution >= 0.6 is 11.6 Å². The van der Waals surface area contributed by atoms with Gasteiger partial charge in [-0.05, 0) is 60.2 Å². The molecule has 54 heavy (non-hydrogen) atoms. The Bertz CT molecular complexity index is 2760. The highest BCUT2D eigenvalue weighted by Crippen LogP contribution is 2.48. The number of nitrogens with zero attached hydrogens (tertiary/aromatic N) is 3. The number of carbonyl (C=O) groups excluding carboxylic acids is 1. The van der Waals surface area contributed by atoms with Crippen molar-refractivity contribution < 1.29 is 39.4 Å². The van der Waals surface area contributed by atoms with Gasteiger partial charge in [-0.1, -0.05) is 60.1 Å². The van der Waals surface area contributed by atoms with Gasteiger partial charge in [-0.15, -0.1) is 0 Å². The van der Waals surface area contributed by atoms with Crippen LogP contribution in [0.2, 0.25) is 5.02 Å². The van der Waals surface area contributed by atoms with Crippen LogP contribution in [0.15, 0.2) is 108 Å². The molecule has 6 rings (SSSR count). The van der Waals surface area contributed by atoms with Crippen LogP contribution < -0.4 is 5.32 Å². The Morgan fingerprint density at radius 2 is 1.63 bits per heavy atom. The van der Waals surface area contributed by atoms with Gasteiger partial charge in [0.1, 0.15) is 5.82 Å². The molecule has 0 aliphatic heterocycles. The lowest BCUT2D eigenvalue weighted by atomic mass is 9.92. The van der Waals surface area contributed by atoms with Crippen molar-refractivity contribution in [2.75, 3.05) is 12.3 Å².